The number of aliphatic carboxylic acids is 2. The lowest BCUT2D eigenvalue weighted by Crippen LogP contribution is -2.17. The van der Waals surface area contributed by atoms with E-state index in [4.69, 9.17) is 26.6 Å². The van der Waals surface area contributed by atoms with Crippen LogP contribution >= 0.6 is 11.6 Å². The number of carboxylic acid groups (broad SMARTS) is 2. The molecule has 0 aliphatic rings. The molecule has 0 fully saturated rings. The monoisotopic (exact) mass is 455 g/mol. The molecule has 3 aromatic rings. The molecule has 2 N–H and O–H groups in total. The highest BCUT2D eigenvalue weighted by molar-refractivity contribution is 6.30. The molecular weight excluding hydrogens is 434 g/mol. The lowest BCUT2D eigenvalue weighted by Gasteiger charge is -2.09. The van der Waals surface area contributed by atoms with Gasteiger partial charge in [0.15, 0.2) is 5.78 Å². The third-order valence-corrected chi connectivity index (χ3v) is 4.45. The summed E-state index contributed by atoms with van der Waals surface area (Å²) < 4.78 is 5.38. The van der Waals surface area contributed by atoms with E-state index in [1.807, 2.05) is 0 Å². The van der Waals surface area contributed by atoms with E-state index >= 15 is 0 Å². The first-order valence-corrected chi connectivity index (χ1v) is 10.0. The normalized spacial score (nSPS) is 10.9. The van der Waals surface area contributed by atoms with Crippen LogP contribution in [0.15, 0.2) is 72.9 Å². The number of carbonyl (C=O) groups excluding carboxylic acids is 1. The molecule has 1 heterocycles. The lowest BCUT2D eigenvalue weighted by molar-refractivity contribution is -0.142. The summed E-state index contributed by atoms with van der Waals surface area (Å²) in [7, 11) is 0. The zero-order valence-corrected chi connectivity index (χ0v) is 18.0. The molecule has 2 aromatic carbocycles. The van der Waals surface area contributed by atoms with Crippen molar-refractivity contribution in [2.24, 2.45) is 5.92 Å². The highest BCUT2D eigenvalue weighted by Gasteiger charge is 2.12. The van der Waals surface area contributed by atoms with Crippen molar-refractivity contribution < 1.29 is 29.3 Å². The number of ether oxygens (including phenoxy) is 1. The van der Waals surface area contributed by atoms with Crippen LogP contribution in [0.4, 0.5) is 0 Å². The Bertz CT molecular complexity index is 1040. The first-order chi connectivity index (χ1) is 15.3. The molecule has 0 bridgehead atoms. The molecule has 1 aromatic heterocycles. The van der Waals surface area contributed by atoms with Gasteiger partial charge in [-0.25, -0.2) is 0 Å². The molecule has 166 valence electrons. The van der Waals surface area contributed by atoms with Gasteiger partial charge in [-0.05, 0) is 67.6 Å². The second kappa shape index (κ2) is 12.2. The Kier molecular flexibility index (Phi) is 9.38. The van der Waals surface area contributed by atoms with E-state index in [1.54, 1.807) is 79.9 Å². The van der Waals surface area contributed by atoms with Gasteiger partial charge in [0, 0.05) is 22.3 Å². The summed E-state index contributed by atoms with van der Waals surface area (Å²) in [5.74, 6) is -1.92. The molecule has 0 saturated carbocycles. The van der Waals surface area contributed by atoms with E-state index < -0.39 is 17.9 Å². The number of benzene rings is 2. The Morgan fingerprint density at radius 2 is 1.53 bits per heavy atom. The maximum absolute atomic E-state index is 12.3. The quantitative estimate of drug-likeness (QED) is 0.484. The third kappa shape index (κ3) is 8.20. The highest BCUT2D eigenvalue weighted by atomic mass is 35.5. The summed E-state index contributed by atoms with van der Waals surface area (Å²) in [6.07, 6.45) is 1.58. The standard InChI is InChI=1S/C17H15ClO4.C7H7NO2/c1-11(17(20)21)10-22-15-8-4-13(5-9-15)16(19)12-2-6-14(18)7-3-12;9-7(10)5-6-3-1-2-4-8-6/h2-9,11H,10H2,1H3,(H,20,21);1-4H,5H2,(H,9,10). The van der Waals surface area contributed by atoms with E-state index in [9.17, 15) is 14.4 Å². The Morgan fingerprint density at radius 3 is 2.03 bits per heavy atom. The molecule has 7 nitrogen and oxygen atoms in total. The van der Waals surface area contributed by atoms with Crippen LogP contribution in [0.1, 0.15) is 28.5 Å². The second-order valence-electron chi connectivity index (χ2n) is 6.80. The molecule has 8 heteroatoms. The molecule has 0 radical (unpaired) electrons. The molecule has 0 amide bonds. The van der Waals surface area contributed by atoms with E-state index in [0.717, 1.165) is 0 Å². The number of hydrogen-bond acceptors (Lipinski definition) is 5. The predicted octanol–water partition coefficient (Wildman–Crippen LogP) is 4.38. The van der Waals surface area contributed by atoms with Gasteiger partial charge in [0.05, 0.1) is 18.0 Å². The second-order valence-corrected chi connectivity index (χ2v) is 7.24. The molecule has 0 saturated heterocycles. The summed E-state index contributed by atoms with van der Waals surface area (Å²) >= 11 is 5.80. The minimum atomic E-state index is -0.908. The summed E-state index contributed by atoms with van der Waals surface area (Å²) in [5, 5.41) is 17.7. The highest BCUT2D eigenvalue weighted by Crippen LogP contribution is 2.17. The van der Waals surface area contributed by atoms with Crippen molar-refractivity contribution in [3.05, 3.63) is 94.8 Å². The van der Waals surface area contributed by atoms with E-state index in [-0.39, 0.29) is 18.8 Å². The number of rotatable bonds is 8. The molecule has 0 spiro atoms. The van der Waals surface area contributed by atoms with Crippen LogP contribution < -0.4 is 4.74 Å². The minimum Gasteiger partial charge on any atom is -0.493 e. The average Bonchev–Trinajstić information content (AvgIpc) is 2.78. The number of carboxylic acids is 2. The molecular formula is C24H22ClNO6. The minimum absolute atomic E-state index is 0.000833. The van der Waals surface area contributed by atoms with Crippen LogP contribution in [0, 0.1) is 5.92 Å². The SMILES string of the molecule is CC(COc1ccc(C(=O)c2ccc(Cl)cc2)cc1)C(=O)O.O=C(O)Cc1ccccn1. The van der Waals surface area contributed by atoms with Crippen molar-refractivity contribution in [3.63, 3.8) is 0 Å². The van der Waals surface area contributed by atoms with Gasteiger partial charge in [0.25, 0.3) is 0 Å². The van der Waals surface area contributed by atoms with Gasteiger partial charge in [-0.15, -0.1) is 0 Å². The predicted molar refractivity (Wildman–Crippen MR) is 119 cm³/mol. The number of ketones is 1. The van der Waals surface area contributed by atoms with E-state index in [2.05, 4.69) is 4.98 Å². The summed E-state index contributed by atoms with van der Waals surface area (Å²) in [4.78, 5) is 36.9. The lowest BCUT2D eigenvalue weighted by atomic mass is 10.0. The van der Waals surface area contributed by atoms with E-state index in [1.165, 1.54) is 0 Å². The summed E-state index contributed by atoms with van der Waals surface area (Å²) in [6.45, 7) is 1.65. The zero-order chi connectivity index (χ0) is 23.5. The van der Waals surface area contributed by atoms with Crippen molar-refractivity contribution in [3.8, 4) is 5.75 Å². The topological polar surface area (TPSA) is 114 Å². The summed E-state index contributed by atoms with van der Waals surface area (Å²) in [5.41, 5.74) is 1.67. The first-order valence-electron chi connectivity index (χ1n) is 9.64. The third-order valence-electron chi connectivity index (χ3n) is 4.20. The van der Waals surface area contributed by atoms with Crippen LogP contribution in [0.25, 0.3) is 0 Å². The van der Waals surface area contributed by atoms with Crippen molar-refractivity contribution in [2.75, 3.05) is 6.61 Å². The van der Waals surface area contributed by atoms with Gasteiger partial charge in [-0.1, -0.05) is 17.7 Å². The first kappa shape index (κ1) is 24.6. The summed E-state index contributed by atoms with van der Waals surface area (Å²) in [6, 6.07) is 18.5. The number of hydrogen-bond donors (Lipinski definition) is 2. The van der Waals surface area contributed by atoms with Crippen LogP contribution in [0.2, 0.25) is 5.02 Å². The Morgan fingerprint density at radius 1 is 0.938 bits per heavy atom. The molecule has 32 heavy (non-hydrogen) atoms. The van der Waals surface area contributed by atoms with Crippen LogP contribution in [0.5, 0.6) is 5.75 Å². The average molecular weight is 456 g/mol. The van der Waals surface area contributed by atoms with Crippen LogP contribution in [0.3, 0.4) is 0 Å². The van der Waals surface area contributed by atoms with Gasteiger partial charge >= 0.3 is 11.9 Å². The fourth-order valence-electron chi connectivity index (χ4n) is 2.42. The number of nitrogens with zero attached hydrogens (tertiary/aromatic N) is 1. The maximum Gasteiger partial charge on any atom is 0.309 e. The molecule has 1 atom stereocenters. The largest absolute Gasteiger partial charge is 0.493 e. The fraction of sp³-hybridized carbons (Fsp3) is 0.167. The van der Waals surface area contributed by atoms with Gasteiger partial charge in [0.1, 0.15) is 12.4 Å². The number of carbonyl (C=O) groups is 3. The molecule has 0 aliphatic heterocycles. The zero-order valence-electron chi connectivity index (χ0n) is 17.3. The Balaban J connectivity index is 0.000000303. The van der Waals surface area contributed by atoms with Crippen LogP contribution in [-0.4, -0.2) is 39.5 Å². The van der Waals surface area contributed by atoms with Crippen molar-refractivity contribution in [1.29, 1.82) is 0 Å². The van der Waals surface area contributed by atoms with Crippen molar-refractivity contribution in [2.45, 2.75) is 13.3 Å². The van der Waals surface area contributed by atoms with Gasteiger partial charge in [-0.2, -0.15) is 0 Å². The number of aromatic nitrogens is 1. The van der Waals surface area contributed by atoms with Crippen molar-refractivity contribution >= 4 is 29.3 Å². The fourth-order valence-corrected chi connectivity index (χ4v) is 2.55. The van der Waals surface area contributed by atoms with Gasteiger partial charge < -0.3 is 14.9 Å². The van der Waals surface area contributed by atoms with Gasteiger partial charge in [-0.3, -0.25) is 19.4 Å². The Hall–Kier alpha value is -3.71. The van der Waals surface area contributed by atoms with Crippen molar-refractivity contribution in [1.82, 2.24) is 4.98 Å². The molecule has 0 aliphatic carbocycles. The van der Waals surface area contributed by atoms with Crippen LogP contribution in [-0.2, 0) is 16.0 Å². The maximum atomic E-state index is 12.3. The Labute approximate surface area is 190 Å². The smallest absolute Gasteiger partial charge is 0.309 e. The van der Waals surface area contributed by atoms with E-state index in [0.29, 0.717) is 27.6 Å². The molecule has 3 rings (SSSR count). The van der Waals surface area contributed by atoms with Gasteiger partial charge in [0.2, 0.25) is 0 Å². The number of pyridine rings is 1. The molecule has 1 unspecified atom stereocenters. The number of halogens is 1.